The van der Waals surface area contributed by atoms with E-state index in [4.69, 9.17) is 0 Å². The van der Waals surface area contributed by atoms with Crippen LogP contribution in [-0.2, 0) is 9.31 Å². The van der Waals surface area contributed by atoms with Crippen LogP contribution in [0.15, 0.2) is 48.5 Å². The molecule has 0 aliphatic carbocycles. The van der Waals surface area contributed by atoms with Crippen LogP contribution in [0.3, 0.4) is 0 Å². The smallest absolute Gasteiger partial charge is 0.508 e. The van der Waals surface area contributed by atoms with Crippen LogP contribution < -0.4 is 10.9 Å². The zero-order valence-corrected chi connectivity index (χ0v) is 11.3. The fourth-order valence-corrected chi connectivity index (χ4v) is 1.73. The van der Waals surface area contributed by atoms with E-state index in [9.17, 15) is 25.1 Å². The van der Waals surface area contributed by atoms with E-state index in [0.29, 0.717) is 0 Å². The van der Waals surface area contributed by atoms with Crippen molar-refractivity contribution in [1.82, 2.24) is 0 Å². The largest absolute Gasteiger partial charge is 0.568 e. The summed E-state index contributed by atoms with van der Waals surface area (Å²) in [5.41, 5.74) is -0.0620. The third-order valence-electron chi connectivity index (χ3n) is 2.82. The molecule has 0 fully saturated rings. The SMILES string of the molecule is O=C(OB(O)c1ccccc1O)OB(O)c1ccccc1O. The van der Waals surface area contributed by atoms with Gasteiger partial charge in [-0.1, -0.05) is 36.4 Å². The van der Waals surface area contributed by atoms with Gasteiger partial charge in [0.25, 0.3) is 0 Å². The zero-order chi connectivity index (χ0) is 16.1. The number of phenols is 2. The standard InChI is InChI=1S/C13H12B2O7/c16-11-7-3-1-5-9(11)14(19)21-13(18)22-15(20)10-6-2-4-8-12(10)17/h1-8,16-17,19-20H. The van der Waals surface area contributed by atoms with Crippen LogP contribution in [0, 0.1) is 0 Å². The van der Waals surface area contributed by atoms with Gasteiger partial charge in [0.2, 0.25) is 0 Å². The first-order valence-electron chi connectivity index (χ1n) is 6.28. The number of para-hydroxylation sites is 2. The van der Waals surface area contributed by atoms with Gasteiger partial charge >= 0.3 is 20.4 Å². The van der Waals surface area contributed by atoms with Gasteiger partial charge in [0, 0.05) is 10.9 Å². The molecular formula is C13H12B2O7. The first kappa shape index (κ1) is 15.7. The molecule has 0 radical (unpaired) electrons. The van der Waals surface area contributed by atoms with Gasteiger partial charge in [-0.15, -0.1) is 0 Å². The Balaban J connectivity index is 1.98. The Bertz CT molecular complexity index is 609. The summed E-state index contributed by atoms with van der Waals surface area (Å²) in [5.74, 6) is -0.520. The molecule has 0 bridgehead atoms. The van der Waals surface area contributed by atoms with Gasteiger partial charge in [-0.05, 0) is 12.1 Å². The maximum Gasteiger partial charge on any atom is 0.568 e. The second kappa shape index (κ2) is 6.88. The molecule has 0 aromatic heterocycles. The molecule has 2 aromatic carbocycles. The van der Waals surface area contributed by atoms with E-state index < -0.39 is 20.4 Å². The lowest BCUT2D eigenvalue weighted by molar-refractivity contribution is 0.138. The summed E-state index contributed by atoms with van der Waals surface area (Å²) in [5, 5.41) is 38.4. The summed E-state index contributed by atoms with van der Waals surface area (Å²) in [4.78, 5) is 11.5. The molecule has 0 heterocycles. The van der Waals surface area contributed by atoms with Crippen LogP contribution in [0.2, 0.25) is 0 Å². The molecule has 4 N–H and O–H groups in total. The van der Waals surface area contributed by atoms with Crippen LogP contribution in [0.1, 0.15) is 0 Å². The number of benzene rings is 2. The Morgan fingerprint density at radius 1 is 0.773 bits per heavy atom. The number of hydrogen-bond acceptors (Lipinski definition) is 7. The lowest BCUT2D eigenvalue weighted by Gasteiger charge is -2.12. The van der Waals surface area contributed by atoms with Gasteiger partial charge in [0.05, 0.1) is 0 Å². The van der Waals surface area contributed by atoms with Crippen molar-refractivity contribution in [3.05, 3.63) is 48.5 Å². The van der Waals surface area contributed by atoms with Crippen molar-refractivity contribution in [2.24, 2.45) is 0 Å². The molecule has 2 aromatic rings. The number of carbonyl (C=O) groups excluding carboxylic acids is 1. The van der Waals surface area contributed by atoms with E-state index in [0.717, 1.165) is 0 Å². The van der Waals surface area contributed by atoms with Crippen LogP contribution in [0.5, 0.6) is 11.5 Å². The van der Waals surface area contributed by atoms with E-state index in [2.05, 4.69) is 9.31 Å². The average Bonchev–Trinajstić information content (AvgIpc) is 2.47. The van der Waals surface area contributed by atoms with Crippen molar-refractivity contribution >= 4 is 31.3 Å². The molecule has 9 heteroatoms. The minimum Gasteiger partial charge on any atom is -0.508 e. The van der Waals surface area contributed by atoms with E-state index in [1.807, 2.05) is 0 Å². The van der Waals surface area contributed by atoms with Gasteiger partial charge in [-0.25, -0.2) is 4.79 Å². The highest BCUT2D eigenvalue weighted by molar-refractivity contribution is 6.64. The van der Waals surface area contributed by atoms with Crippen LogP contribution >= 0.6 is 0 Å². The summed E-state index contributed by atoms with van der Waals surface area (Å²) in [7, 11) is -3.52. The molecule has 0 aliphatic heterocycles. The van der Waals surface area contributed by atoms with Crippen LogP contribution in [0.4, 0.5) is 4.79 Å². The van der Waals surface area contributed by atoms with E-state index >= 15 is 0 Å². The van der Waals surface area contributed by atoms with Crippen LogP contribution in [-0.4, -0.2) is 40.7 Å². The lowest BCUT2D eigenvalue weighted by Crippen LogP contribution is -2.41. The van der Waals surface area contributed by atoms with Crippen LogP contribution in [0.25, 0.3) is 0 Å². The van der Waals surface area contributed by atoms with Crippen molar-refractivity contribution in [3.63, 3.8) is 0 Å². The molecule has 0 saturated carbocycles. The van der Waals surface area contributed by atoms with E-state index in [1.165, 1.54) is 48.5 Å². The number of hydrogen-bond donors (Lipinski definition) is 4. The van der Waals surface area contributed by atoms with Crippen molar-refractivity contribution < 1.29 is 34.4 Å². The Morgan fingerprint density at radius 2 is 1.14 bits per heavy atom. The Labute approximate surface area is 126 Å². The second-order valence-electron chi connectivity index (χ2n) is 4.31. The number of phenolic OH excluding ortho intramolecular Hbond substituents is 2. The third kappa shape index (κ3) is 3.72. The van der Waals surface area contributed by atoms with Crippen molar-refractivity contribution in [1.29, 1.82) is 0 Å². The lowest BCUT2D eigenvalue weighted by atomic mass is 9.78. The summed E-state index contributed by atoms with van der Waals surface area (Å²) in [6, 6.07) is 11.5. The van der Waals surface area contributed by atoms with Crippen molar-refractivity contribution in [2.45, 2.75) is 0 Å². The Morgan fingerprint density at radius 3 is 1.50 bits per heavy atom. The summed E-state index contributed by atoms with van der Waals surface area (Å²) >= 11 is 0. The molecule has 2 rings (SSSR count). The van der Waals surface area contributed by atoms with Gasteiger partial charge < -0.3 is 29.6 Å². The van der Waals surface area contributed by atoms with Gasteiger partial charge in [0.15, 0.2) is 0 Å². The molecule has 22 heavy (non-hydrogen) atoms. The number of aromatic hydroxyl groups is 2. The monoisotopic (exact) mass is 302 g/mol. The molecule has 0 spiro atoms. The van der Waals surface area contributed by atoms with E-state index in [-0.39, 0.29) is 22.4 Å². The summed E-state index contributed by atoms with van der Waals surface area (Å²) in [6.45, 7) is 0. The normalized spacial score (nSPS) is 9.91. The molecule has 0 saturated heterocycles. The summed E-state index contributed by atoms with van der Waals surface area (Å²) < 4.78 is 9.08. The van der Waals surface area contributed by atoms with Crippen molar-refractivity contribution in [3.8, 4) is 11.5 Å². The highest BCUT2D eigenvalue weighted by atomic mass is 16.7. The average molecular weight is 302 g/mol. The minimum absolute atomic E-state index is 0.0310. The first-order valence-corrected chi connectivity index (χ1v) is 6.28. The molecule has 112 valence electrons. The molecule has 0 unspecified atom stereocenters. The van der Waals surface area contributed by atoms with E-state index in [1.54, 1.807) is 0 Å². The third-order valence-corrected chi connectivity index (χ3v) is 2.82. The maximum absolute atomic E-state index is 11.5. The number of carbonyl (C=O) groups is 1. The minimum atomic E-state index is -1.76. The first-order chi connectivity index (χ1) is 10.5. The number of rotatable bonds is 4. The molecule has 7 nitrogen and oxygen atoms in total. The fraction of sp³-hybridized carbons (Fsp3) is 0. The molecule has 0 aliphatic rings. The topological polar surface area (TPSA) is 116 Å². The molecular weight excluding hydrogens is 290 g/mol. The highest BCUT2D eigenvalue weighted by Gasteiger charge is 2.30. The zero-order valence-electron chi connectivity index (χ0n) is 11.3. The van der Waals surface area contributed by atoms with Crippen molar-refractivity contribution in [2.75, 3.05) is 0 Å². The van der Waals surface area contributed by atoms with Gasteiger partial charge in [0.1, 0.15) is 11.5 Å². The van der Waals surface area contributed by atoms with Gasteiger partial charge in [-0.3, -0.25) is 0 Å². The maximum atomic E-state index is 11.5. The highest BCUT2D eigenvalue weighted by Crippen LogP contribution is 2.07. The predicted molar refractivity (Wildman–Crippen MR) is 79.0 cm³/mol. The Hall–Kier alpha value is -2.64. The second-order valence-corrected chi connectivity index (χ2v) is 4.31. The Kier molecular flexibility index (Phi) is 4.92. The molecule has 0 atom stereocenters. The molecule has 0 amide bonds. The van der Waals surface area contributed by atoms with Gasteiger partial charge in [-0.2, -0.15) is 0 Å². The predicted octanol–water partition coefficient (Wildman–Crippen LogP) is -0.674. The quantitative estimate of drug-likeness (QED) is 0.553. The fourth-order valence-electron chi connectivity index (χ4n) is 1.73. The summed E-state index contributed by atoms with van der Waals surface area (Å²) in [6.07, 6.45) is -1.37.